The zero-order chi connectivity index (χ0) is 25.1. The Labute approximate surface area is 190 Å². The van der Waals surface area contributed by atoms with Crippen molar-refractivity contribution in [2.45, 2.75) is 64.8 Å². The number of alkyl halides is 3. The quantitative estimate of drug-likeness (QED) is 0.670. The minimum absolute atomic E-state index is 0.110. The first-order valence-corrected chi connectivity index (χ1v) is 10.5. The molecule has 180 valence electrons. The van der Waals surface area contributed by atoms with E-state index in [2.05, 4.69) is 20.8 Å². The fourth-order valence-electron chi connectivity index (χ4n) is 3.90. The lowest BCUT2D eigenvalue weighted by molar-refractivity contribution is -0.140. The van der Waals surface area contributed by atoms with Crippen molar-refractivity contribution in [2.75, 3.05) is 6.54 Å². The lowest BCUT2D eigenvalue weighted by Crippen LogP contribution is -2.51. The second-order valence-electron chi connectivity index (χ2n) is 8.98. The predicted molar refractivity (Wildman–Crippen MR) is 113 cm³/mol. The Balaban J connectivity index is 1.74. The number of hydrogen-bond acceptors (Lipinski definition) is 6. The van der Waals surface area contributed by atoms with Crippen LogP contribution >= 0.6 is 0 Å². The van der Waals surface area contributed by atoms with Gasteiger partial charge in [-0.05, 0) is 58.9 Å². The summed E-state index contributed by atoms with van der Waals surface area (Å²) in [5, 5.41) is 13.4. The smallest absolute Gasteiger partial charge is 0.350 e. The van der Waals surface area contributed by atoms with Gasteiger partial charge >= 0.3 is 6.18 Å². The van der Waals surface area contributed by atoms with Crippen LogP contribution in [-0.4, -0.2) is 55.5 Å². The number of nitrogens with zero attached hydrogens (tertiary/aromatic N) is 5. The molecule has 12 heteroatoms. The number of carbonyl (C=O) groups is 2. The number of rotatable bonds is 6. The normalized spacial score (nSPS) is 18.2. The van der Waals surface area contributed by atoms with Gasteiger partial charge in [0.1, 0.15) is 12.4 Å². The number of tetrazole rings is 1. The Morgan fingerprint density at radius 3 is 2.76 bits per heavy atom. The van der Waals surface area contributed by atoms with E-state index in [4.69, 9.17) is 7.10 Å². The maximum Gasteiger partial charge on any atom is 0.416 e. The van der Waals surface area contributed by atoms with Crippen molar-refractivity contribution in [3.05, 3.63) is 35.7 Å². The number of nitrogens with two attached hydrogens (primary N) is 1. The van der Waals surface area contributed by atoms with Gasteiger partial charge in [0.2, 0.25) is 11.8 Å². The third kappa shape index (κ3) is 6.06. The van der Waals surface area contributed by atoms with Crippen LogP contribution < -0.4 is 11.1 Å². The molecule has 2 heterocycles. The zero-order valence-corrected chi connectivity index (χ0v) is 18.5. The van der Waals surface area contributed by atoms with E-state index in [1.165, 1.54) is 22.0 Å². The number of nitrogens with one attached hydrogen (secondary N) is 1. The summed E-state index contributed by atoms with van der Waals surface area (Å²) >= 11 is 0. The summed E-state index contributed by atoms with van der Waals surface area (Å²) < 4.78 is 48.5. The van der Waals surface area contributed by atoms with Crippen LogP contribution in [0.3, 0.4) is 0 Å². The minimum atomic E-state index is -4.56. The van der Waals surface area contributed by atoms with E-state index in [0.717, 1.165) is 12.1 Å². The molecule has 9 nitrogen and oxygen atoms in total. The second kappa shape index (κ2) is 9.46. The molecule has 2 aromatic rings. The Hall–Kier alpha value is -3.02. The molecule has 0 aliphatic carbocycles. The molecule has 1 aliphatic rings. The van der Waals surface area contributed by atoms with Gasteiger partial charge in [-0.1, -0.05) is 20.7 Å². The van der Waals surface area contributed by atoms with Crippen molar-refractivity contribution in [1.82, 2.24) is 30.4 Å². The van der Waals surface area contributed by atoms with Gasteiger partial charge in [-0.15, -0.1) is 5.10 Å². The van der Waals surface area contributed by atoms with Gasteiger partial charge in [-0.2, -0.15) is 13.2 Å². The number of hydrogen-bond donors (Lipinski definition) is 2. The Morgan fingerprint density at radius 2 is 2.12 bits per heavy atom. The first kappa shape index (κ1) is 23.1. The van der Waals surface area contributed by atoms with Gasteiger partial charge in [0.05, 0.1) is 17.3 Å². The van der Waals surface area contributed by atoms with Crippen LogP contribution in [0.15, 0.2) is 24.5 Å². The molecule has 0 unspecified atom stereocenters. The molecule has 0 radical (unpaired) electrons. The monoisotopic (exact) mass is 468 g/mol. The summed E-state index contributed by atoms with van der Waals surface area (Å²) in [4.78, 5) is 27.3. The molecule has 3 N–H and O–H groups in total. The SMILES string of the molecule is [2H]CC(C)(C)C[C@H](N)C(=O)N1CCC[C@H]1C(=O)NCc1cc(C(F)(F)F)ccc1-n1cnnn1. The minimum Gasteiger partial charge on any atom is -0.350 e. The highest BCUT2D eigenvalue weighted by atomic mass is 19.4. The van der Waals surface area contributed by atoms with Crippen LogP contribution in [0.5, 0.6) is 0 Å². The van der Waals surface area contributed by atoms with Gasteiger partial charge in [0.25, 0.3) is 0 Å². The van der Waals surface area contributed by atoms with Gasteiger partial charge < -0.3 is 16.0 Å². The van der Waals surface area contributed by atoms with Gasteiger partial charge in [-0.3, -0.25) is 9.59 Å². The predicted octanol–water partition coefficient (Wildman–Crippen LogP) is 2.05. The van der Waals surface area contributed by atoms with Crippen molar-refractivity contribution >= 4 is 11.8 Å². The number of benzene rings is 1. The largest absolute Gasteiger partial charge is 0.416 e. The van der Waals surface area contributed by atoms with Crippen LogP contribution in [0, 0.1) is 5.41 Å². The van der Waals surface area contributed by atoms with Crippen LogP contribution in [0.1, 0.15) is 52.5 Å². The third-order valence-electron chi connectivity index (χ3n) is 5.38. The van der Waals surface area contributed by atoms with Crippen LogP contribution in [-0.2, 0) is 22.3 Å². The first-order chi connectivity index (χ1) is 15.9. The average Bonchev–Trinajstić information content (AvgIpc) is 3.48. The second-order valence-corrected chi connectivity index (χ2v) is 8.98. The molecule has 2 atom stereocenters. The summed E-state index contributed by atoms with van der Waals surface area (Å²) in [7, 11) is 0. The van der Waals surface area contributed by atoms with Crippen molar-refractivity contribution in [2.24, 2.45) is 11.1 Å². The Bertz CT molecular complexity index is 1010. The lowest BCUT2D eigenvalue weighted by Gasteiger charge is -2.29. The molecule has 1 aromatic heterocycles. The molecular formula is C21H28F3N7O2. The van der Waals surface area contributed by atoms with Crippen molar-refractivity contribution in [3.8, 4) is 5.69 Å². The van der Waals surface area contributed by atoms with Crippen molar-refractivity contribution < 1.29 is 24.1 Å². The number of amides is 2. The molecule has 1 aromatic carbocycles. The molecule has 0 bridgehead atoms. The maximum atomic E-state index is 13.2. The molecule has 0 spiro atoms. The molecular weight excluding hydrogens is 439 g/mol. The van der Waals surface area contributed by atoms with Gasteiger partial charge in [-0.25, -0.2) is 4.68 Å². The summed E-state index contributed by atoms with van der Waals surface area (Å²) in [6.45, 7) is 3.95. The molecule has 33 heavy (non-hydrogen) atoms. The van der Waals surface area contributed by atoms with E-state index < -0.39 is 35.1 Å². The highest BCUT2D eigenvalue weighted by molar-refractivity contribution is 5.90. The molecule has 1 aliphatic heterocycles. The number of likely N-dealkylation sites (tertiary alicyclic amines) is 1. The van der Waals surface area contributed by atoms with Crippen LogP contribution in [0.25, 0.3) is 5.69 Å². The fraction of sp³-hybridized carbons (Fsp3) is 0.571. The van der Waals surface area contributed by atoms with Gasteiger partial charge in [0, 0.05) is 14.5 Å². The van der Waals surface area contributed by atoms with E-state index in [0.29, 0.717) is 25.8 Å². The van der Waals surface area contributed by atoms with Gasteiger partial charge in [0.15, 0.2) is 0 Å². The van der Waals surface area contributed by atoms with E-state index in [1.807, 2.05) is 13.8 Å². The van der Waals surface area contributed by atoms with Crippen molar-refractivity contribution in [3.63, 3.8) is 0 Å². The standard InChI is InChI=1S/C21H28F3N7O2/c1-20(2,3)10-15(25)19(33)30-8-4-5-17(30)18(32)26-11-13-9-14(21(22,23)24)6-7-16(13)31-12-27-28-29-31/h6-7,9,12,15,17H,4-5,8,10-11,25H2,1-3H3,(H,26,32)/t15-,17-/m0/s1/i1D. The first-order valence-electron chi connectivity index (χ1n) is 11.2. The molecule has 1 saturated heterocycles. The average molecular weight is 469 g/mol. The van der Waals surface area contributed by atoms with Crippen LogP contribution in [0.2, 0.25) is 0 Å². The van der Waals surface area contributed by atoms with E-state index >= 15 is 0 Å². The molecule has 2 amide bonds. The molecule has 3 rings (SSSR count). The number of carbonyl (C=O) groups excluding carboxylic acids is 2. The lowest BCUT2D eigenvalue weighted by atomic mass is 9.88. The van der Waals surface area contributed by atoms with E-state index in [9.17, 15) is 22.8 Å². The topological polar surface area (TPSA) is 119 Å². The van der Waals surface area contributed by atoms with Crippen LogP contribution in [0.4, 0.5) is 13.2 Å². The number of halogens is 3. The summed E-state index contributed by atoms with van der Waals surface area (Å²) in [5.41, 5.74) is 5.23. The summed E-state index contributed by atoms with van der Waals surface area (Å²) in [6, 6.07) is 1.48. The number of aromatic nitrogens is 4. The molecule has 1 fully saturated rings. The Morgan fingerprint density at radius 1 is 1.36 bits per heavy atom. The third-order valence-corrected chi connectivity index (χ3v) is 5.38. The van der Waals surface area contributed by atoms with E-state index in [1.54, 1.807) is 0 Å². The Kier molecular flexibility index (Phi) is 6.63. The highest BCUT2D eigenvalue weighted by Crippen LogP contribution is 2.31. The van der Waals surface area contributed by atoms with E-state index in [-0.39, 0.29) is 30.6 Å². The fourth-order valence-corrected chi connectivity index (χ4v) is 3.90. The summed E-state index contributed by atoms with van der Waals surface area (Å²) in [6.07, 6.45) is -1.98. The summed E-state index contributed by atoms with van der Waals surface area (Å²) in [5.74, 6) is -0.842. The highest BCUT2D eigenvalue weighted by Gasteiger charge is 2.37. The maximum absolute atomic E-state index is 13.2. The zero-order valence-electron chi connectivity index (χ0n) is 19.5. The van der Waals surface area contributed by atoms with Crippen molar-refractivity contribution in [1.29, 1.82) is 0 Å². The molecule has 0 saturated carbocycles.